The van der Waals surface area contributed by atoms with Gasteiger partial charge in [0.1, 0.15) is 10.6 Å². The van der Waals surface area contributed by atoms with Crippen molar-refractivity contribution in [1.29, 1.82) is 0 Å². The second-order valence-corrected chi connectivity index (χ2v) is 7.25. The van der Waals surface area contributed by atoms with Crippen molar-refractivity contribution in [3.8, 4) is 0 Å². The van der Waals surface area contributed by atoms with Gasteiger partial charge in [0.15, 0.2) is 0 Å². The Hall–Kier alpha value is -1.19. The number of rotatable bonds is 3. The quantitative estimate of drug-likeness (QED) is 0.914. The van der Waals surface area contributed by atoms with Gasteiger partial charge in [0.05, 0.1) is 12.6 Å². The minimum Gasteiger partial charge on any atom is -0.395 e. The van der Waals surface area contributed by atoms with Crippen LogP contribution in [0.3, 0.4) is 0 Å². The van der Waals surface area contributed by atoms with E-state index in [1.54, 1.807) is 0 Å². The number of aliphatic hydroxyl groups is 1. The van der Waals surface area contributed by atoms with Crippen molar-refractivity contribution in [2.45, 2.75) is 36.9 Å². The van der Waals surface area contributed by atoms with Gasteiger partial charge in [0, 0.05) is 12.7 Å². The zero-order chi connectivity index (χ0) is 16.5. The molecule has 2 heterocycles. The normalized spacial score (nSPS) is 24.4. The third kappa shape index (κ3) is 3.26. The van der Waals surface area contributed by atoms with Crippen LogP contribution in [-0.4, -0.2) is 42.0 Å². The van der Waals surface area contributed by atoms with E-state index in [9.17, 15) is 26.7 Å². The van der Waals surface area contributed by atoms with E-state index in [0.29, 0.717) is 18.7 Å². The molecule has 2 rings (SSSR count). The summed E-state index contributed by atoms with van der Waals surface area (Å²) < 4.78 is 63.7. The Morgan fingerprint density at radius 2 is 2.09 bits per heavy atom. The fourth-order valence-corrected chi connectivity index (χ4v) is 4.31. The van der Waals surface area contributed by atoms with Gasteiger partial charge in [-0.3, -0.25) is 4.98 Å². The van der Waals surface area contributed by atoms with Crippen LogP contribution in [0.2, 0.25) is 0 Å². The van der Waals surface area contributed by atoms with Crippen molar-refractivity contribution in [2.75, 3.05) is 13.2 Å². The highest BCUT2D eigenvalue weighted by molar-refractivity contribution is 7.89. The molecule has 0 unspecified atom stereocenters. The maximum Gasteiger partial charge on any atom is 0.433 e. The molecule has 0 aliphatic carbocycles. The molecule has 1 fully saturated rings. The zero-order valence-corrected chi connectivity index (χ0v) is 12.7. The van der Waals surface area contributed by atoms with Crippen LogP contribution in [0.5, 0.6) is 0 Å². The summed E-state index contributed by atoms with van der Waals surface area (Å²) in [5.74, 6) is -0.0177. The summed E-state index contributed by atoms with van der Waals surface area (Å²) in [6.45, 7) is 1.75. The molecule has 2 atom stereocenters. The minimum absolute atomic E-state index is 0.0177. The van der Waals surface area contributed by atoms with Gasteiger partial charge in [0.2, 0.25) is 10.0 Å². The largest absolute Gasteiger partial charge is 0.433 e. The molecular formula is C13H17F3N2O3S. The SMILES string of the molecule is C[C@H]1CCCN(S(=O)(=O)c2ccc(C(F)(F)F)nc2)[C@@H]1CO. The lowest BCUT2D eigenvalue weighted by atomic mass is 9.93. The third-order valence-electron chi connectivity index (χ3n) is 3.89. The molecule has 0 amide bonds. The van der Waals surface area contributed by atoms with Crippen LogP contribution < -0.4 is 0 Å². The highest BCUT2D eigenvalue weighted by Crippen LogP contribution is 2.31. The Labute approximate surface area is 126 Å². The molecule has 5 nitrogen and oxygen atoms in total. The first-order valence-electron chi connectivity index (χ1n) is 6.84. The van der Waals surface area contributed by atoms with Crippen molar-refractivity contribution in [3.63, 3.8) is 0 Å². The van der Waals surface area contributed by atoms with Crippen LogP contribution in [-0.2, 0) is 16.2 Å². The van der Waals surface area contributed by atoms with E-state index >= 15 is 0 Å². The van der Waals surface area contributed by atoms with Crippen LogP contribution in [0.4, 0.5) is 13.2 Å². The Balaban J connectivity index is 2.33. The summed E-state index contributed by atoms with van der Waals surface area (Å²) >= 11 is 0. The molecule has 0 radical (unpaired) electrons. The van der Waals surface area contributed by atoms with Gasteiger partial charge in [-0.25, -0.2) is 8.42 Å². The second-order valence-electron chi connectivity index (χ2n) is 5.36. The third-order valence-corrected chi connectivity index (χ3v) is 5.79. The van der Waals surface area contributed by atoms with Gasteiger partial charge in [0.25, 0.3) is 0 Å². The number of halogens is 3. The van der Waals surface area contributed by atoms with Crippen LogP contribution in [0.15, 0.2) is 23.2 Å². The molecule has 1 N–H and O–H groups in total. The maximum absolute atomic E-state index is 12.6. The predicted molar refractivity (Wildman–Crippen MR) is 72.4 cm³/mol. The van der Waals surface area contributed by atoms with E-state index in [4.69, 9.17) is 0 Å². The smallest absolute Gasteiger partial charge is 0.395 e. The molecule has 0 spiro atoms. The molecule has 1 aliphatic rings. The summed E-state index contributed by atoms with van der Waals surface area (Å²) in [6.07, 6.45) is -2.46. The minimum atomic E-state index is -4.62. The van der Waals surface area contributed by atoms with Gasteiger partial charge < -0.3 is 5.11 Å². The monoisotopic (exact) mass is 338 g/mol. The molecule has 22 heavy (non-hydrogen) atoms. The summed E-state index contributed by atoms with van der Waals surface area (Å²) in [7, 11) is -3.97. The molecule has 124 valence electrons. The summed E-state index contributed by atoms with van der Waals surface area (Å²) in [6, 6.07) is 0.980. The molecule has 0 bridgehead atoms. The molecule has 9 heteroatoms. The first-order valence-corrected chi connectivity index (χ1v) is 8.28. The number of aliphatic hydroxyl groups excluding tert-OH is 1. The molecule has 1 aromatic rings. The molecule has 1 aliphatic heterocycles. The van der Waals surface area contributed by atoms with Gasteiger partial charge in [-0.05, 0) is 30.9 Å². The molecular weight excluding hydrogens is 321 g/mol. The van der Waals surface area contributed by atoms with Crippen molar-refractivity contribution in [2.24, 2.45) is 5.92 Å². The number of sulfonamides is 1. The Kier molecular flexibility index (Phi) is 4.78. The van der Waals surface area contributed by atoms with Crippen molar-refractivity contribution >= 4 is 10.0 Å². The van der Waals surface area contributed by atoms with E-state index in [2.05, 4.69) is 4.98 Å². The Morgan fingerprint density at radius 3 is 2.59 bits per heavy atom. The summed E-state index contributed by atoms with van der Waals surface area (Å²) in [5.41, 5.74) is -1.14. The number of hydrogen-bond donors (Lipinski definition) is 1. The lowest BCUT2D eigenvalue weighted by Gasteiger charge is -2.37. The summed E-state index contributed by atoms with van der Waals surface area (Å²) in [4.78, 5) is 2.89. The van der Waals surface area contributed by atoms with E-state index < -0.39 is 27.9 Å². The number of pyridine rings is 1. The zero-order valence-electron chi connectivity index (χ0n) is 11.9. The van der Waals surface area contributed by atoms with Crippen LogP contribution in [0.1, 0.15) is 25.5 Å². The number of hydrogen-bond acceptors (Lipinski definition) is 4. The van der Waals surface area contributed by atoms with E-state index in [0.717, 1.165) is 16.8 Å². The lowest BCUT2D eigenvalue weighted by Crippen LogP contribution is -2.49. The Morgan fingerprint density at radius 1 is 1.41 bits per heavy atom. The van der Waals surface area contributed by atoms with E-state index in [-0.39, 0.29) is 24.0 Å². The van der Waals surface area contributed by atoms with Gasteiger partial charge in [-0.2, -0.15) is 17.5 Å². The van der Waals surface area contributed by atoms with Crippen molar-refractivity contribution in [1.82, 2.24) is 9.29 Å². The first-order chi connectivity index (χ1) is 10.2. The van der Waals surface area contributed by atoms with Crippen LogP contribution >= 0.6 is 0 Å². The van der Waals surface area contributed by atoms with Crippen molar-refractivity contribution in [3.05, 3.63) is 24.0 Å². The summed E-state index contributed by atoms with van der Waals surface area (Å²) in [5, 5.41) is 9.42. The van der Waals surface area contributed by atoms with Gasteiger partial charge >= 0.3 is 6.18 Å². The number of nitrogens with zero attached hydrogens (tertiary/aromatic N) is 2. The topological polar surface area (TPSA) is 70.5 Å². The molecule has 0 saturated carbocycles. The maximum atomic E-state index is 12.6. The second kappa shape index (κ2) is 6.13. The number of piperidine rings is 1. The first kappa shape index (κ1) is 17.2. The Bertz CT molecular complexity index is 616. The molecule has 1 aromatic heterocycles. The average molecular weight is 338 g/mol. The van der Waals surface area contributed by atoms with E-state index in [1.165, 1.54) is 0 Å². The molecule has 1 saturated heterocycles. The molecule has 0 aromatic carbocycles. The van der Waals surface area contributed by atoms with Gasteiger partial charge in [-0.15, -0.1) is 0 Å². The van der Waals surface area contributed by atoms with E-state index in [1.807, 2.05) is 6.92 Å². The number of alkyl halides is 3. The average Bonchev–Trinajstić information content (AvgIpc) is 2.46. The number of aromatic nitrogens is 1. The van der Waals surface area contributed by atoms with Crippen LogP contribution in [0.25, 0.3) is 0 Å². The fourth-order valence-electron chi connectivity index (χ4n) is 2.62. The van der Waals surface area contributed by atoms with Crippen LogP contribution in [0, 0.1) is 5.92 Å². The fraction of sp³-hybridized carbons (Fsp3) is 0.615. The van der Waals surface area contributed by atoms with Gasteiger partial charge in [-0.1, -0.05) is 6.92 Å². The highest BCUT2D eigenvalue weighted by atomic mass is 32.2. The predicted octanol–water partition coefficient (Wildman–Crippen LogP) is 1.88. The highest BCUT2D eigenvalue weighted by Gasteiger charge is 2.38. The lowest BCUT2D eigenvalue weighted by molar-refractivity contribution is -0.141. The standard InChI is InChI=1S/C13H17F3N2O3S/c1-9-3-2-6-18(11(9)8-19)22(20,21)10-4-5-12(17-7-10)13(14,15)16/h4-5,7,9,11,19H,2-3,6,8H2,1H3/t9-,11+/m0/s1. The van der Waals surface area contributed by atoms with Crippen molar-refractivity contribution < 1.29 is 26.7 Å².